The van der Waals surface area contributed by atoms with Crippen LogP contribution in [0.5, 0.6) is 5.75 Å². The predicted molar refractivity (Wildman–Crippen MR) is 117 cm³/mol. The Bertz CT molecular complexity index is 951. The third-order valence-corrected chi connectivity index (χ3v) is 5.41. The Morgan fingerprint density at radius 3 is 2.39 bits per heavy atom. The lowest BCUT2D eigenvalue weighted by atomic mass is 10.2. The van der Waals surface area contributed by atoms with Gasteiger partial charge < -0.3 is 10.1 Å². The number of aromatic nitrogens is 2. The molecule has 0 atom stereocenters. The molecule has 1 heterocycles. The Balaban J connectivity index is 1.69. The highest BCUT2D eigenvalue weighted by Crippen LogP contribution is 2.38. The van der Waals surface area contributed by atoms with Gasteiger partial charge in [0.05, 0.1) is 6.61 Å². The molecule has 2 aromatic carbocycles. The van der Waals surface area contributed by atoms with E-state index in [4.69, 9.17) is 4.74 Å². The zero-order valence-corrected chi connectivity index (χ0v) is 18.0. The van der Waals surface area contributed by atoms with E-state index in [1.54, 1.807) is 42.5 Å². The summed E-state index contributed by atoms with van der Waals surface area (Å²) in [4.78, 5) is 8.64. The molecule has 0 aliphatic carbocycles. The van der Waals surface area contributed by atoms with Gasteiger partial charge in [0.2, 0.25) is 5.95 Å². The third-order valence-electron chi connectivity index (χ3n) is 4.39. The van der Waals surface area contributed by atoms with Crippen molar-refractivity contribution in [1.82, 2.24) is 9.97 Å². The summed E-state index contributed by atoms with van der Waals surface area (Å²) in [6.45, 7) is 2.82. The van der Waals surface area contributed by atoms with Gasteiger partial charge >= 0.3 is 6.18 Å². The molecule has 31 heavy (non-hydrogen) atoms. The molecule has 0 amide bonds. The zero-order chi connectivity index (χ0) is 22.1. The highest BCUT2D eigenvalue weighted by atomic mass is 32.2. The van der Waals surface area contributed by atoms with Gasteiger partial charge in [-0.3, -0.25) is 0 Å². The van der Waals surface area contributed by atoms with E-state index >= 15 is 0 Å². The molecule has 0 bridgehead atoms. The molecule has 8 heteroatoms. The van der Waals surface area contributed by atoms with Gasteiger partial charge in [0.1, 0.15) is 16.3 Å². The molecule has 0 unspecified atom stereocenters. The third kappa shape index (κ3) is 7.17. The molecule has 0 saturated heterocycles. The highest BCUT2D eigenvalue weighted by molar-refractivity contribution is 7.99. The first-order valence-electron chi connectivity index (χ1n) is 10.1. The van der Waals surface area contributed by atoms with Gasteiger partial charge in [0.15, 0.2) is 0 Å². The number of benzene rings is 2. The molecule has 0 aliphatic rings. The largest absolute Gasteiger partial charge is 0.494 e. The summed E-state index contributed by atoms with van der Waals surface area (Å²) in [6.07, 6.45) is 0.807. The fraction of sp³-hybridized carbons (Fsp3) is 0.304. The quantitative estimate of drug-likeness (QED) is 0.260. The first kappa shape index (κ1) is 22.9. The maximum atomic E-state index is 13.4. The lowest BCUT2D eigenvalue weighted by Gasteiger charge is -2.13. The van der Waals surface area contributed by atoms with Gasteiger partial charge in [-0.2, -0.15) is 13.2 Å². The van der Waals surface area contributed by atoms with E-state index in [-0.39, 0.29) is 11.0 Å². The van der Waals surface area contributed by atoms with E-state index in [1.807, 2.05) is 12.1 Å². The van der Waals surface area contributed by atoms with Crippen LogP contribution in [0.4, 0.5) is 24.8 Å². The van der Waals surface area contributed by atoms with Crippen LogP contribution in [0.15, 0.2) is 70.7 Å². The van der Waals surface area contributed by atoms with Gasteiger partial charge in [-0.05, 0) is 42.8 Å². The number of unbranched alkanes of at least 4 members (excludes halogenated alkanes) is 3. The molecular formula is C23H24F3N3OS. The van der Waals surface area contributed by atoms with Crippen molar-refractivity contribution >= 4 is 23.4 Å². The monoisotopic (exact) mass is 447 g/mol. The molecule has 0 fully saturated rings. The summed E-state index contributed by atoms with van der Waals surface area (Å²) < 4.78 is 45.9. The van der Waals surface area contributed by atoms with E-state index < -0.39 is 11.7 Å². The standard InChI is InChI=1S/C23H24F3N3OS/c1-2-3-4-8-15-30-18-13-11-17(12-14-18)28-22-27-16-20(23(24,25)26)21(29-22)31-19-9-6-5-7-10-19/h5-7,9-14,16H,2-4,8,15H2,1H3,(H,27,28,29). The fourth-order valence-electron chi connectivity index (χ4n) is 2.78. The molecular weight excluding hydrogens is 423 g/mol. The topological polar surface area (TPSA) is 47.0 Å². The van der Waals surface area contributed by atoms with Gasteiger partial charge in [-0.25, -0.2) is 9.97 Å². The second-order valence-corrected chi connectivity index (χ2v) is 7.95. The SMILES string of the molecule is CCCCCCOc1ccc(Nc2ncc(C(F)(F)F)c(Sc3ccccc3)n2)cc1. The Hall–Kier alpha value is -2.74. The van der Waals surface area contributed by atoms with Crippen molar-refractivity contribution < 1.29 is 17.9 Å². The first-order chi connectivity index (χ1) is 15.0. The summed E-state index contributed by atoms with van der Waals surface area (Å²) in [5.41, 5.74) is -0.201. The summed E-state index contributed by atoms with van der Waals surface area (Å²) >= 11 is 0.952. The smallest absolute Gasteiger partial charge is 0.420 e. The molecule has 3 aromatic rings. The Morgan fingerprint density at radius 2 is 1.71 bits per heavy atom. The van der Waals surface area contributed by atoms with E-state index in [0.717, 1.165) is 36.5 Å². The van der Waals surface area contributed by atoms with Crippen molar-refractivity contribution in [2.75, 3.05) is 11.9 Å². The lowest BCUT2D eigenvalue weighted by Crippen LogP contribution is -2.10. The van der Waals surface area contributed by atoms with Crippen molar-refractivity contribution in [3.8, 4) is 5.75 Å². The second-order valence-electron chi connectivity index (χ2n) is 6.88. The molecule has 0 aliphatic heterocycles. The Labute approximate surface area is 184 Å². The molecule has 0 spiro atoms. The van der Waals surface area contributed by atoms with Crippen LogP contribution >= 0.6 is 11.8 Å². The predicted octanol–water partition coefficient (Wildman–Crippen LogP) is 7.35. The normalized spacial score (nSPS) is 11.4. The number of hydrogen-bond acceptors (Lipinski definition) is 5. The van der Waals surface area contributed by atoms with Gasteiger partial charge in [-0.15, -0.1) is 0 Å². The van der Waals surface area contributed by atoms with Crippen molar-refractivity contribution in [2.24, 2.45) is 0 Å². The zero-order valence-electron chi connectivity index (χ0n) is 17.2. The summed E-state index contributed by atoms with van der Waals surface area (Å²) in [7, 11) is 0. The second kappa shape index (κ2) is 11.0. The number of anilines is 2. The molecule has 0 saturated carbocycles. The van der Waals surface area contributed by atoms with Crippen LogP contribution in [0.1, 0.15) is 38.2 Å². The maximum absolute atomic E-state index is 13.4. The van der Waals surface area contributed by atoms with Crippen LogP contribution < -0.4 is 10.1 Å². The molecule has 0 radical (unpaired) electrons. The van der Waals surface area contributed by atoms with Crippen molar-refractivity contribution in [1.29, 1.82) is 0 Å². The van der Waals surface area contributed by atoms with Crippen LogP contribution in [0.25, 0.3) is 0 Å². The van der Waals surface area contributed by atoms with Gasteiger partial charge in [0.25, 0.3) is 0 Å². The van der Waals surface area contributed by atoms with Crippen LogP contribution in [0.3, 0.4) is 0 Å². The van der Waals surface area contributed by atoms with Crippen LogP contribution in [0.2, 0.25) is 0 Å². The molecule has 4 nitrogen and oxygen atoms in total. The number of hydrogen-bond donors (Lipinski definition) is 1. The minimum atomic E-state index is -4.54. The average molecular weight is 448 g/mol. The van der Waals surface area contributed by atoms with Crippen molar-refractivity contribution in [2.45, 2.75) is 48.7 Å². The molecule has 164 valence electrons. The van der Waals surface area contributed by atoms with E-state index in [0.29, 0.717) is 17.2 Å². The molecule has 3 rings (SSSR count). The van der Waals surface area contributed by atoms with E-state index in [2.05, 4.69) is 22.2 Å². The van der Waals surface area contributed by atoms with Crippen molar-refractivity contribution in [3.63, 3.8) is 0 Å². The maximum Gasteiger partial charge on any atom is 0.420 e. The summed E-state index contributed by atoms with van der Waals surface area (Å²) in [6, 6.07) is 16.0. The van der Waals surface area contributed by atoms with E-state index in [1.165, 1.54) is 12.8 Å². The summed E-state index contributed by atoms with van der Waals surface area (Å²) in [5, 5.41) is 2.81. The minimum Gasteiger partial charge on any atom is -0.494 e. The summed E-state index contributed by atoms with van der Waals surface area (Å²) in [5.74, 6) is 0.843. The number of alkyl halides is 3. The van der Waals surface area contributed by atoms with Crippen LogP contribution in [-0.4, -0.2) is 16.6 Å². The minimum absolute atomic E-state index is 0.0969. The Morgan fingerprint density at radius 1 is 0.968 bits per heavy atom. The van der Waals surface area contributed by atoms with Crippen LogP contribution in [-0.2, 0) is 6.18 Å². The number of nitrogens with zero attached hydrogens (tertiary/aromatic N) is 2. The number of rotatable bonds is 10. The number of nitrogens with one attached hydrogen (secondary N) is 1. The van der Waals surface area contributed by atoms with Crippen LogP contribution in [0, 0.1) is 0 Å². The van der Waals surface area contributed by atoms with Gasteiger partial charge in [-0.1, -0.05) is 56.1 Å². The molecule has 1 N–H and O–H groups in total. The van der Waals surface area contributed by atoms with E-state index in [9.17, 15) is 13.2 Å². The van der Waals surface area contributed by atoms with Crippen molar-refractivity contribution in [3.05, 3.63) is 66.4 Å². The lowest BCUT2D eigenvalue weighted by molar-refractivity contribution is -0.140. The molecule has 1 aromatic heterocycles. The van der Waals surface area contributed by atoms with Gasteiger partial charge in [0, 0.05) is 16.8 Å². The average Bonchev–Trinajstić information content (AvgIpc) is 2.75. The number of halogens is 3. The first-order valence-corrected chi connectivity index (χ1v) is 10.9. The fourth-order valence-corrected chi connectivity index (χ4v) is 3.71. The highest BCUT2D eigenvalue weighted by Gasteiger charge is 2.35. The number of ether oxygens (including phenoxy) is 1. The Kier molecular flexibility index (Phi) is 8.17.